The molecule has 2 atom stereocenters. The molecule has 2 unspecified atom stereocenters. The molecule has 1 N–H and O–H groups in total. The minimum absolute atomic E-state index is 0.0875. The second-order valence-electron chi connectivity index (χ2n) is 7.80. The van der Waals surface area contributed by atoms with Crippen LogP contribution in [0, 0.1) is 6.92 Å². The number of Topliss-reactive ketones (excluding diaryl/α,β-unsaturated/α-hetero) is 1. The number of likely N-dealkylation sites (tertiary alicyclic amines) is 1. The Morgan fingerprint density at radius 2 is 1.97 bits per heavy atom. The van der Waals surface area contributed by atoms with Crippen molar-refractivity contribution in [3.63, 3.8) is 0 Å². The number of aryl methyl sites for hydroxylation is 1. The summed E-state index contributed by atoms with van der Waals surface area (Å²) < 4.78 is 5.73. The highest BCUT2D eigenvalue weighted by atomic mass is 16.5. The van der Waals surface area contributed by atoms with Gasteiger partial charge in [0.05, 0.1) is 11.6 Å². The lowest BCUT2D eigenvalue weighted by atomic mass is 9.92. The van der Waals surface area contributed by atoms with Crippen LogP contribution in [0.4, 0.5) is 0 Å². The van der Waals surface area contributed by atoms with Crippen molar-refractivity contribution in [2.45, 2.75) is 45.8 Å². The number of aliphatic hydroxyl groups is 1. The van der Waals surface area contributed by atoms with Crippen molar-refractivity contribution in [1.29, 1.82) is 0 Å². The first kappa shape index (κ1) is 19.2. The number of carbonyl (C=O) groups excluding carboxylic acids is 2. The molecular weight excluding hydrogens is 366 g/mol. The first-order chi connectivity index (χ1) is 13.9. The third kappa shape index (κ3) is 3.20. The summed E-state index contributed by atoms with van der Waals surface area (Å²) in [5.41, 5.74) is 3.53. The molecule has 5 heteroatoms. The van der Waals surface area contributed by atoms with Gasteiger partial charge >= 0.3 is 0 Å². The molecule has 2 aliphatic rings. The van der Waals surface area contributed by atoms with Gasteiger partial charge in [0.25, 0.3) is 11.7 Å². The molecule has 5 nitrogen and oxygen atoms in total. The van der Waals surface area contributed by atoms with Crippen LogP contribution < -0.4 is 4.74 Å². The highest BCUT2D eigenvalue weighted by molar-refractivity contribution is 6.46. The summed E-state index contributed by atoms with van der Waals surface area (Å²) in [6, 6.07) is 12.5. The van der Waals surface area contributed by atoms with Crippen LogP contribution in [-0.4, -0.2) is 34.3 Å². The summed E-state index contributed by atoms with van der Waals surface area (Å²) in [6.45, 7) is 6.37. The molecule has 0 spiro atoms. The summed E-state index contributed by atoms with van der Waals surface area (Å²) in [4.78, 5) is 27.3. The number of fused-ring (bicyclic) bond motifs is 1. The Morgan fingerprint density at radius 1 is 1.21 bits per heavy atom. The van der Waals surface area contributed by atoms with E-state index in [9.17, 15) is 14.7 Å². The number of benzene rings is 2. The Morgan fingerprint density at radius 3 is 2.69 bits per heavy atom. The maximum atomic E-state index is 13.0. The topological polar surface area (TPSA) is 66.8 Å². The van der Waals surface area contributed by atoms with E-state index in [1.165, 1.54) is 0 Å². The largest absolute Gasteiger partial charge is 0.507 e. The number of amides is 1. The summed E-state index contributed by atoms with van der Waals surface area (Å²) in [5.74, 6) is -0.511. The van der Waals surface area contributed by atoms with E-state index in [1.54, 1.807) is 11.0 Å². The third-order valence-corrected chi connectivity index (χ3v) is 5.66. The van der Waals surface area contributed by atoms with Gasteiger partial charge in [0.15, 0.2) is 0 Å². The molecule has 0 bridgehead atoms. The Balaban J connectivity index is 1.87. The van der Waals surface area contributed by atoms with E-state index < -0.39 is 17.7 Å². The smallest absolute Gasteiger partial charge is 0.295 e. The van der Waals surface area contributed by atoms with E-state index in [0.29, 0.717) is 12.1 Å². The minimum Gasteiger partial charge on any atom is -0.507 e. The zero-order valence-electron chi connectivity index (χ0n) is 16.9. The number of ether oxygens (including phenoxy) is 1. The second-order valence-corrected chi connectivity index (χ2v) is 7.80. The number of nitrogens with zero attached hydrogens (tertiary/aromatic N) is 1. The zero-order valence-corrected chi connectivity index (χ0v) is 16.9. The van der Waals surface area contributed by atoms with E-state index in [4.69, 9.17) is 4.74 Å². The van der Waals surface area contributed by atoms with Crippen LogP contribution in [0.15, 0.2) is 48.0 Å². The van der Waals surface area contributed by atoms with Gasteiger partial charge in [0.1, 0.15) is 17.6 Å². The molecular formula is C24H25NO4. The number of aliphatic hydroxyl groups excluding tert-OH is 1. The molecule has 4 rings (SSSR count). The highest BCUT2D eigenvalue weighted by Crippen LogP contribution is 2.41. The molecule has 2 aromatic rings. The minimum atomic E-state index is -0.630. The van der Waals surface area contributed by atoms with Crippen molar-refractivity contribution in [3.05, 3.63) is 70.3 Å². The van der Waals surface area contributed by atoms with Gasteiger partial charge in [-0.2, -0.15) is 0 Å². The van der Waals surface area contributed by atoms with Crippen molar-refractivity contribution in [3.8, 4) is 5.75 Å². The van der Waals surface area contributed by atoms with Crippen LogP contribution >= 0.6 is 0 Å². The average molecular weight is 391 g/mol. The molecule has 2 heterocycles. The number of ketones is 1. The van der Waals surface area contributed by atoms with Crippen LogP contribution in [0.2, 0.25) is 0 Å². The lowest BCUT2D eigenvalue weighted by Gasteiger charge is -2.26. The van der Waals surface area contributed by atoms with Gasteiger partial charge in [-0.3, -0.25) is 9.59 Å². The molecule has 2 aromatic carbocycles. The fraction of sp³-hybridized carbons (Fsp3) is 0.333. The number of carbonyl (C=O) groups is 2. The third-order valence-electron chi connectivity index (χ3n) is 5.66. The standard InChI is InChI=1S/C24H25NO4/c1-4-11-25-21(18-8-6-5-7-14(18)2)20(23(27)24(25)28)22(26)16-9-10-19-17(13-16)12-15(3)29-19/h5-10,13,15,21,26H,4,11-12H2,1-3H3/b22-20+. The van der Waals surface area contributed by atoms with Gasteiger partial charge in [0, 0.05) is 18.5 Å². The van der Waals surface area contributed by atoms with Crippen molar-refractivity contribution >= 4 is 17.4 Å². The molecule has 0 radical (unpaired) electrons. The number of rotatable bonds is 4. The SMILES string of the molecule is CCCN1C(=O)C(=O)/C(=C(/O)c2ccc3c(c2)CC(C)O3)C1c1ccccc1C. The van der Waals surface area contributed by atoms with Gasteiger partial charge in [-0.1, -0.05) is 31.2 Å². The zero-order chi connectivity index (χ0) is 20.7. The lowest BCUT2D eigenvalue weighted by Crippen LogP contribution is -2.30. The average Bonchev–Trinajstić information content (AvgIpc) is 3.19. The fourth-order valence-corrected chi connectivity index (χ4v) is 4.29. The second kappa shape index (κ2) is 7.39. The quantitative estimate of drug-likeness (QED) is 0.483. The number of hydrogen-bond acceptors (Lipinski definition) is 4. The van der Waals surface area contributed by atoms with E-state index in [2.05, 4.69) is 0 Å². The van der Waals surface area contributed by atoms with Crippen LogP contribution in [0.5, 0.6) is 5.75 Å². The lowest BCUT2D eigenvalue weighted by molar-refractivity contribution is -0.139. The summed E-state index contributed by atoms with van der Waals surface area (Å²) in [7, 11) is 0. The van der Waals surface area contributed by atoms with Gasteiger partial charge in [-0.25, -0.2) is 0 Å². The van der Waals surface area contributed by atoms with Crippen LogP contribution in [-0.2, 0) is 16.0 Å². The Kier molecular flexibility index (Phi) is 4.91. The summed E-state index contributed by atoms with van der Waals surface area (Å²) in [6.07, 6.45) is 1.57. The van der Waals surface area contributed by atoms with Crippen LogP contribution in [0.1, 0.15) is 48.6 Å². The predicted octanol–water partition coefficient (Wildman–Crippen LogP) is 4.15. The molecule has 0 aromatic heterocycles. The Hall–Kier alpha value is -3.08. The van der Waals surface area contributed by atoms with Gasteiger partial charge in [0.2, 0.25) is 0 Å². The molecule has 0 saturated carbocycles. The van der Waals surface area contributed by atoms with Gasteiger partial charge in [-0.05, 0) is 55.2 Å². The molecule has 1 amide bonds. The first-order valence-corrected chi connectivity index (χ1v) is 10.1. The van der Waals surface area contributed by atoms with Crippen molar-refractivity contribution in [2.75, 3.05) is 6.54 Å². The fourth-order valence-electron chi connectivity index (χ4n) is 4.29. The van der Waals surface area contributed by atoms with Crippen molar-refractivity contribution < 1.29 is 19.4 Å². The molecule has 1 fully saturated rings. The van der Waals surface area contributed by atoms with Crippen molar-refractivity contribution in [1.82, 2.24) is 4.90 Å². The molecule has 1 saturated heterocycles. The normalized spacial score (nSPS) is 22.7. The summed E-state index contributed by atoms with van der Waals surface area (Å²) in [5, 5.41) is 11.2. The Labute approximate surface area is 170 Å². The maximum Gasteiger partial charge on any atom is 0.295 e. The predicted molar refractivity (Wildman–Crippen MR) is 111 cm³/mol. The molecule has 29 heavy (non-hydrogen) atoms. The van der Waals surface area contributed by atoms with E-state index >= 15 is 0 Å². The van der Waals surface area contributed by atoms with Crippen molar-refractivity contribution in [2.24, 2.45) is 0 Å². The first-order valence-electron chi connectivity index (χ1n) is 10.1. The monoisotopic (exact) mass is 391 g/mol. The van der Waals surface area contributed by atoms with Gasteiger partial charge < -0.3 is 14.7 Å². The molecule has 0 aliphatic carbocycles. The van der Waals surface area contributed by atoms with Crippen LogP contribution in [0.25, 0.3) is 5.76 Å². The number of hydrogen-bond donors (Lipinski definition) is 1. The molecule has 150 valence electrons. The molecule has 2 aliphatic heterocycles. The van der Waals surface area contributed by atoms with Gasteiger partial charge in [-0.15, -0.1) is 0 Å². The van der Waals surface area contributed by atoms with E-state index in [-0.39, 0.29) is 17.4 Å². The maximum absolute atomic E-state index is 13.0. The highest BCUT2D eigenvalue weighted by Gasteiger charge is 2.46. The van der Waals surface area contributed by atoms with Crippen LogP contribution in [0.3, 0.4) is 0 Å². The van der Waals surface area contributed by atoms with E-state index in [1.807, 2.05) is 57.2 Å². The Bertz CT molecular complexity index is 1020. The van der Waals surface area contributed by atoms with E-state index in [0.717, 1.165) is 35.3 Å². The summed E-state index contributed by atoms with van der Waals surface area (Å²) >= 11 is 0.